The maximum Gasteiger partial charge on any atom is 0.264 e. The number of sulfonamides is 1. The third kappa shape index (κ3) is 8.22. The first-order chi connectivity index (χ1) is 22.1. The molecule has 0 heterocycles. The number of halogens is 2. The maximum atomic E-state index is 15.1. The average Bonchev–Trinajstić information content (AvgIpc) is 3.56. The second-order valence-electron chi connectivity index (χ2n) is 11.6. The van der Waals surface area contributed by atoms with E-state index in [-0.39, 0.29) is 41.1 Å². The lowest BCUT2D eigenvalue weighted by atomic mass is 10.0. The molecule has 0 radical (unpaired) electrons. The molecule has 2 amide bonds. The maximum absolute atomic E-state index is 15.1. The van der Waals surface area contributed by atoms with Crippen molar-refractivity contribution in [2.24, 2.45) is 0 Å². The summed E-state index contributed by atoms with van der Waals surface area (Å²) in [7, 11) is -4.23. The molecule has 0 spiro atoms. The van der Waals surface area contributed by atoms with E-state index in [0.29, 0.717) is 4.47 Å². The normalized spacial score (nSPS) is 14.1. The monoisotopic (exact) mass is 705 g/mol. The molecule has 7 nitrogen and oxygen atoms in total. The largest absolute Gasteiger partial charge is 0.352 e. The molecular weight excluding hydrogens is 669 g/mol. The van der Waals surface area contributed by atoms with Gasteiger partial charge in [0.1, 0.15) is 18.4 Å². The number of carbonyl (C=O) groups excluding carboxylic acids is 2. The fourth-order valence-corrected chi connectivity index (χ4v) is 7.52. The highest BCUT2D eigenvalue weighted by Crippen LogP contribution is 2.28. The van der Waals surface area contributed by atoms with Gasteiger partial charge in [-0.3, -0.25) is 13.9 Å². The Kier molecular flexibility index (Phi) is 10.9. The molecule has 1 aliphatic carbocycles. The molecule has 0 bridgehead atoms. The summed E-state index contributed by atoms with van der Waals surface area (Å²) in [6, 6.07) is 27.5. The van der Waals surface area contributed by atoms with Gasteiger partial charge in [0.05, 0.1) is 10.6 Å². The summed E-state index contributed by atoms with van der Waals surface area (Å²) >= 11 is 3.42. The van der Waals surface area contributed by atoms with Gasteiger partial charge in [-0.05, 0) is 61.7 Å². The van der Waals surface area contributed by atoms with Crippen LogP contribution < -0.4 is 9.62 Å². The van der Waals surface area contributed by atoms with Crippen LogP contribution in [0.25, 0.3) is 0 Å². The molecule has 0 saturated heterocycles. The lowest BCUT2D eigenvalue weighted by Crippen LogP contribution is -2.54. The number of benzene rings is 4. The number of aryl methyl sites for hydroxylation is 1. The van der Waals surface area contributed by atoms with Crippen LogP contribution in [0.1, 0.15) is 42.4 Å². The molecular formula is C36H37BrFN3O4S. The van der Waals surface area contributed by atoms with Crippen LogP contribution in [0.2, 0.25) is 0 Å². The van der Waals surface area contributed by atoms with Crippen LogP contribution in [-0.4, -0.2) is 43.8 Å². The van der Waals surface area contributed by atoms with Crippen LogP contribution in [0.5, 0.6) is 0 Å². The van der Waals surface area contributed by atoms with Crippen molar-refractivity contribution in [3.8, 4) is 0 Å². The average molecular weight is 707 g/mol. The van der Waals surface area contributed by atoms with Crippen molar-refractivity contribution in [2.75, 3.05) is 10.8 Å². The predicted octanol–water partition coefficient (Wildman–Crippen LogP) is 6.79. The van der Waals surface area contributed by atoms with Crippen LogP contribution in [0.3, 0.4) is 0 Å². The zero-order valence-corrected chi connectivity index (χ0v) is 28.0. The van der Waals surface area contributed by atoms with Crippen LogP contribution in [0.4, 0.5) is 10.1 Å². The lowest BCUT2D eigenvalue weighted by Gasteiger charge is -2.34. The van der Waals surface area contributed by atoms with Crippen molar-refractivity contribution < 1.29 is 22.4 Å². The van der Waals surface area contributed by atoms with Gasteiger partial charge in [0, 0.05) is 29.0 Å². The molecule has 1 atom stereocenters. The van der Waals surface area contributed by atoms with E-state index >= 15 is 4.39 Å². The van der Waals surface area contributed by atoms with Crippen molar-refractivity contribution in [3.05, 3.63) is 130 Å². The number of hydrogen-bond donors (Lipinski definition) is 1. The van der Waals surface area contributed by atoms with Gasteiger partial charge in [0.15, 0.2) is 0 Å². The van der Waals surface area contributed by atoms with Crippen LogP contribution in [-0.2, 0) is 32.6 Å². The van der Waals surface area contributed by atoms with Gasteiger partial charge in [-0.25, -0.2) is 12.8 Å². The van der Waals surface area contributed by atoms with Crippen LogP contribution >= 0.6 is 15.9 Å². The van der Waals surface area contributed by atoms with Gasteiger partial charge in [0.2, 0.25) is 11.8 Å². The van der Waals surface area contributed by atoms with Gasteiger partial charge in [-0.15, -0.1) is 0 Å². The standard InChI is InChI=1S/C36H37BrFN3O4S/c1-26-18-20-32(21-19-26)46(44,45)41(31-16-9-13-29(37)23-31)25-35(42)40(24-28-12-5-8-17-33(28)38)34(22-27-10-3-2-4-11-27)36(43)39-30-14-6-7-15-30/h2-5,8-13,16-21,23,30,34H,6-7,14-15,22,24-25H2,1H3,(H,39,43). The first kappa shape index (κ1) is 33.3. The van der Waals surface area contributed by atoms with Crippen molar-refractivity contribution in [2.45, 2.75) is 62.6 Å². The molecule has 1 fully saturated rings. The minimum Gasteiger partial charge on any atom is -0.352 e. The molecule has 1 aliphatic rings. The highest BCUT2D eigenvalue weighted by atomic mass is 79.9. The molecule has 0 aliphatic heterocycles. The van der Waals surface area contributed by atoms with Gasteiger partial charge < -0.3 is 10.2 Å². The summed E-state index contributed by atoms with van der Waals surface area (Å²) in [5.41, 5.74) is 2.19. The van der Waals surface area contributed by atoms with E-state index in [1.807, 2.05) is 37.3 Å². The summed E-state index contributed by atoms with van der Waals surface area (Å²) in [6.07, 6.45) is 3.86. The molecule has 1 N–H and O–H groups in total. The van der Waals surface area contributed by atoms with E-state index in [2.05, 4.69) is 21.2 Å². The van der Waals surface area contributed by atoms with Crippen molar-refractivity contribution in [1.29, 1.82) is 0 Å². The van der Waals surface area contributed by atoms with E-state index < -0.39 is 34.3 Å². The number of amides is 2. The summed E-state index contributed by atoms with van der Waals surface area (Å²) in [5.74, 6) is -1.51. The Morgan fingerprint density at radius 2 is 1.59 bits per heavy atom. The molecule has 5 rings (SSSR count). The Hall–Kier alpha value is -4.02. The van der Waals surface area contributed by atoms with Crippen LogP contribution in [0.15, 0.2) is 112 Å². The fraction of sp³-hybridized carbons (Fsp3) is 0.278. The number of carbonyl (C=O) groups is 2. The number of rotatable bonds is 12. The molecule has 1 saturated carbocycles. The summed E-state index contributed by atoms with van der Waals surface area (Å²) < 4.78 is 45.1. The van der Waals surface area contributed by atoms with E-state index in [1.54, 1.807) is 54.6 Å². The van der Waals surface area contributed by atoms with Gasteiger partial charge in [-0.2, -0.15) is 0 Å². The smallest absolute Gasteiger partial charge is 0.264 e. The van der Waals surface area contributed by atoms with Crippen molar-refractivity contribution in [1.82, 2.24) is 10.2 Å². The van der Waals surface area contributed by atoms with E-state index in [1.165, 1.54) is 23.1 Å². The Labute approximate surface area is 278 Å². The Bertz CT molecular complexity index is 1760. The van der Waals surface area contributed by atoms with Crippen molar-refractivity contribution in [3.63, 3.8) is 0 Å². The van der Waals surface area contributed by atoms with Gasteiger partial charge in [0.25, 0.3) is 10.0 Å². The first-order valence-electron chi connectivity index (χ1n) is 15.3. The van der Waals surface area contributed by atoms with Gasteiger partial charge >= 0.3 is 0 Å². The van der Waals surface area contributed by atoms with Crippen LogP contribution in [0, 0.1) is 12.7 Å². The highest BCUT2D eigenvalue weighted by Gasteiger charge is 2.36. The Balaban J connectivity index is 1.57. The lowest BCUT2D eigenvalue weighted by molar-refractivity contribution is -0.140. The number of hydrogen-bond acceptors (Lipinski definition) is 4. The quantitative estimate of drug-likeness (QED) is 0.176. The van der Waals surface area contributed by atoms with E-state index in [9.17, 15) is 18.0 Å². The number of anilines is 1. The summed E-state index contributed by atoms with van der Waals surface area (Å²) in [6.45, 7) is 1.03. The molecule has 46 heavy (non-hydrogen) atoms. The molecule has 4 aromatic carbocycles. The van der Waals surface area contributed by atoms with E-state index in [4.69, 9.17) is 0 Å². The minimum atomic E-state index is -4.23. The molecule has 0 aromatic heterocycles. The Morgan fingerprint density at radius 1 is 0.913 bits per heavy atom. The van der Waals surface area contributed by atoms with Gasteiger partial charge in [-0.1, -0.05) is 101 Å². The predicted molar refractivity (Wildman–Crippen MR) is 181 cm³/mol. The zero-order valence-electron chi connectivity index (χ0n) is 25.6. The highest BCUT2D eigenvalue weighted by molar-refractivity contribution is 9.10. The topological polar surface area (TPSA) is 86.8 Å². The Morgan fingerprint density at radius 3 is 2.26 bits per heavy atom. The fourth-order valence-electron chi connectivity index (χ4n) is 5.73. The summed E-state index contributed by atoms with van der Waals surface area (Å²) in [5, 5.41) is 3.12. The van der Waals surface area contributed by atoms with E-state index in [0.717, 1.165) is 41.1 Å². The SMILES string of the molecule is Cc1ccc(S(=O)(=O)N(CC(=O)N(Cc2ccccc2F)C(Cc2ccccc2)C(=O)NC2CCCC2)c2cccc(Br)c2)cc1. The first-order valence-corrected chi connectivity index (χ1v) is 17.6. The second-order valence-corrected chi connectivity index (χ2v) is 14.4. The third-order valence-corrected chi connectivity index (χ3v) is 10.5. The number of nitrogens with zero attached hydrogens (tertiary/aromatic N) is 2. The van der Waals surface area contributed by atoms with Crippen molar-refractivity contribution >= 4 is 43.5 Å². The second kappa shape index (κ2) is 15.0. The third-order valence-electron chi connectivity index (χ3n) is 8.26. The summed E-state index contributed by atoms with van der Waals surface area (Å²) in [4.78, 5) is 29.9. The molecule has 4 aromatic rings. The number of nitrogens with one attached hydrogen (secondary N) is 1. The molecule has 240 valence electrons. The molecule has 1 unspecified atom stereocenters. The minimum absolute atomic E-state index is 0.0173. The zero-order chi connectivity index (χ0) is 32.7. The molecule has 10 heteroatoms.